The summed E-state index contributed by atoms with van der Waals surface area (Å²) in [6.45, 7) is 0. The number of non-ortho nitro benzene ring substituents is 1. The quantitative estimate of drug-likeness (QED) is 0.499. The summed E-state index contributed by atoms with van der Waals surface area (Å²) in [6, 6.07) is 8.20. The number of rotatable bonds is 5. The van der Waals surface area contributed by atoms with Crippen LogP contribution < -0.4 is 5.43 Å². The Kier molecular flexibility index (Phi) is 4.28. The summed E-state index contributed by atoms with van der Waals surface area (Å²) in [5.74, 6) is -0.219. The lowest BCUT2D eigenvalue weighted by Crippen LogP contribution is -1.96. The van der Waals surface area contributed by atoms with Crippen LogP contribution in [0.25, 0.3) is 0 Å². The maximum Gasteiger partial charge on any atom is 0.433 e. The number of nitrogens with one attached hydrogen (secondary N) is 1. The highest BCUT2D eigenvalue weighted by Crippen LogP contribution is 2.19. The first-order valence-electron chi connectivity index (χ1n) is 5.45. The summed E-state index contributed by atoms with van der Waals surface area (Å²) < 4.78 is 5.16. The molecule has 108 valence electrons. The Morgan fingerprint density at radius 1 is 1.10 bits per heavy atom. The van der Waals surface area contributed by atoms with Crippen molar-refractivity contribution in [1.29, 1.82) is 0 Å². The molecule has 1 aromatic heterocycles. The normalized spacial score (nSPS) is 11.2. The van der Waals surface area contributed by atoms with Crippen molar-refractivity contribution in [1.82, 2.24) is 0 Å². The molecule has 1 aromatic carbocycles. The van der Waals surface area contributed by atoms with Crippen LogP contribution in [0.15, 0.2) is 45.9 Å². The summed E-state index contributed by atoms with van der Waals surface area (Å²) in [4.78, 5) is 19.8. The zero-order chi connectivity index (χ0) is 15.4. The number of hydrazone groups is 1. The van der Waals surface area contributed by atoms with E-state index in [0.717, 1.165) is 0 Å². The van der Waals surface area contributed by atoms with Crippen LogP contribution in [0.5, 0.6) is 0 Å². The number of hydrogen-bond donors (Lipinski definition) is 1. The summed E-state index contributed by atoms with van der Waals surface area (Å²) in [6.07, 6.45) is 0. The Morgan fingerprint density at radius 3 is 2.29 bits per heavy atom. The predicted molar refractivity (Wildman–Crippen MR) is 77.5 cm³/mol. The van der Waals surface area contributed by atoms with E-state index in [0.29, 0.717) is 5.69 Å². The number of nitro groups is 2. The number of furan rings is 1. The van der Waals surface area contributed by atoms with E-state index in [1.54, 1.807) is 0 Å². The summed E-state index contributed by atoms with van der Waals surface area (Å²) in [5, 5.41) is 24.9. The molecule has 2 aromatic rings. The second kappa shape index (κ2) is 6.13. The molecule has 0 atom stereocenters. The van der Waals surface area contributed by atoms with E-state index < -0.39 is 15.7 Å². The fraction of sp³-hybridized carbons (Fsp3) is 0. The van der Waals surface area contributed by atoms with Crippen molar-refractivity contribution in [3.63, 3.8) is 0 Å². The van der Waals surface area contributed by atoms with Gasteiger partial charge in [0.15, 0.2) is 10.4 Å². The topological polar surface area (TPSA) is 124 Å². The fourth-order valence-electron chi connectivity index (χ4n) is 1.36. The summed E-state index contributed by atoms with van der Waals surface area (Å²) >= 11 is 3.11. The van der Waals surface area contributed by atoms with Gasteiger partial charge in [-0.05, 0) is 34.1 Å². The van der Waals surface area contributed by atoms with Gasteiger partial charge in [0.2, 0.25) is 0 Å². The van der Waals surface area contributed by atoms with Gasteiger partial charge in [0.05, 0.1) is 16.7 Å². The van der Waals surface area contributed by atoms with Crippen LogP contribution in [0.2, 0.25) is 0 Å². The van der Waals surface area contributed by atoms with Crippen molar-refractivity contribution in [2.45, 2.75) is 0 Å². The zero-order valence-electron chi connectivity index (χ0n) is 10.2. The van der Waals surface area contributed by atoms with Crippen LogP contribution in [0.4, 0.5) is 17.3 Å². The van der Waals surface area contributed by atoms with E-state index in [4.69, 9.17) is 4.42 Å². The first-order chi connectivity index (χ1) is 9.97. The molecule has 0 aliphatic rings. The third kappa shape index (κ3) is 3.63. The Bertz CT molecular complexity index is 710. The standard InChI is InChI=1S/C11H7BrN4O5/c12-11(9-5-6-10(21-9)16(19)20)14-13-7-1-3-8(4-2-7)15(17)18/h1-6,13H. The lowest BCUT2D eigenvalue weighted by atomic mass is 10.3. The maximum absolute atomic E-state index is 10.5. The smallest absolute Gasteiger partial charge is 0.398 e. The van der Waals surface area contributed by atoms with E-state index in [2.05, 4.69) is 26.5 Å². The number of nitrogens with zero attached hydrogens (tertiary/aromatic N) is 3. The molecular weight excluding hydrogens is 348 g/mol. The van der Waals surface area contributed by atoms with E-state index in [1.165, 1.54) is 36.4 Å². The van der Waals surface area contributed by atoms with E-state index in [1.807, 2.05) is 0 Å². The van der Waals surface area contributed by atoms with E-state index in [9.17, 15) is 20.2 Å². The van der Waals surface area contributed by atoms with Crippen LogP contribution >= 0.6 is 15.9 Å². The maximum atomic E-state index is 10.5. The highest BCUT2D eigenvalue weighted by Gasteiger charge is 2.14. The summed E-state index contributed by atoms with van der Waals surface area (Å²) in [7, 11) is 0. The van der Waals surface area contributed by atoms with Crippen molar-refractivity contribution >= 4 is 37.8 Å². The number of nitro benzene ring substituents is 1. The molecule has 0 amide bonds. The molecule has 1 N–H and O–H groups in total. The fourth-order valence-corrected chi connectivity index (χ4v) is 1.66. The van der Waals surface area contributed by atoms with Gasteiger partial charge in [-0.25, -0.2) is 0 Å². The average molecular weight is 355 g/mol. The predicted octanol–water partition coefficient (Wildman–Crippen LogP) is 3.26. The van der Waals surface area contributed by atoms with Gasteiger partial charge in [0.25, 0.3) is 5.69 Å². The molecule has 0 aliphatic heterocycles. The van der Waals surface area contributed by atoms with Gasteiger partial charge in [-0.1, -0.05) is 0 Å². The van der Waals surface area contributed by atoms with Gasteiger partial charge in [0, 0.05) is 12.1 Å². The minimum absolute atomic E-state index is 0.0368. The third-order valence-corrected chi connectivity index (χ3v) is 2.90. The van der Waals surface area contributed by atoms with Crippen molar-refractivity contribution < 1.29 is 14.3 Å². The minimum atomic E-state index is -0.659. The zero-order valence-corrected chi connectivity index (χ0v) is 11.8. The van der Waals surface area contributed by atoms with Crippen molar-refractivity contribution in [2.24, 2.45) is 5.10 Å². The first kappa shape index (κ1) is 14.7. The number of halogens is 1. The number of anilines is 1. The molecule has 0 saturated heterocycles. The van der Waals surface area contributed by atoms with Crippen LogP contribution in [0.1, 0.15) is 5.76 Å². The van der Waals surface area contributed by atoms with E-state index in [-0.39, 0.29) is 16.1 Å². The molecule has 21 heavy (non-hydrogen) atoms. The lowest BCUT2D eigenvalue weighted by Gasteiger charge is -2.00. The SMILES string of the molecule is O=[N+]([O-])c1ccc(NN=C(Br)c2ccc([N+](=O)[O-])o2)cc1. The molecule has 0 aliphatic carbocycles. The Labute approximate surface area is 125 Å². The second-order valence-corrected chi connectivity index (χ2v) is 4.46. The Morgan fingerprint density at radius 2 is 1.76 bits per heavy atom. The molecule has 0 saturated carbocycles. The van der Waals surface area contributed by atoms with Crippen molar-refractivity contribution in [3.8, 4) is 0 Å². The van der Waals surface area contributed by atoms with Crippen LogP contribution in [-0.4, -0.2) is 14.5 Å². The highest BCUT2D eigenvalue weighted by molar-refractivity contribution is 9.18. The molecule has 0 fully saturated rings. The molecule has 10 heteroatoms. The first-order valence-corrected chi connectivity index (χ1v) is 6.25. The van der Waals surface area contributed by atoms with Crippen molar-refractivity contribution in [3.05, 3.63) is 62.4 Å². The lowest BCUT2D eigenvalue weighted by molar-refractivity contribution is -0.402. The molecule has 0 bridgehead atoms. The van der Waals surface area contributed by atoms with Gasteiger partial charge >= 0.3 is 5.88 Å². The van der Waals surface area contributed by atoms with Gasteiger partial charge in [-0.3, -0.25) is 25.7 Å². The van der Waals surface area contributed by atoms with Crippen molar-refractivity contribution in [2.75, 3.05) is 5.43 Å². The van der Waals surface area contributed by atoms with Gasteiger partial charge in [0.1, 0.15) is 4.92 Å². The minimum Gasteiger partial charge on any atom is -0.398 e. The summed E-state index contributed by atoms with van der Waals surface area (Å²) in [5.41, 5.74) is 3.11. The largest absolute Gasteiger partial charge is 0.433 e. The molecule has 1 heterocycles. The molecule has 0 radical (unpaired) electrons. The van der Waals surface area contributed by atoms with Gasteiger partial charge in [-0.2, -0.15) is 5.10 Å². The number of benzene rings is 1. The van der Waals surface area contributed by atoms with E-state index >= 15 is 0 Å². The molecular formula is C11H7BrN4O5. The number of hydrogen-bond acceptors (Lipinski definition) is 7. The van der Waals surface area contributed by atoms with Gasteiger partial charge < -0.3 is 4.42 Å². The molecule has 9 nitrogen and oxygen atoms in total. The second-order valence-electron chi connectivity index (χ2n) is 3.71. The Balaban J connectivity index is 2.08. The van der Waals surface area contributed by atoms with Gasteiger partial charge in [-0.15, -0.1) is 0 Å². The van der Waals surface area contributed by atoms with Crippen LogP contribution in [0.3, 0.4) is 0 Å². The Hall–Kier alpha value is -2.75. The molecule has 0 unspecified atom stereocenters. The van der Waals surface area contributed by atoms with Crippen LogP contribution in [-0.2, 0) is 0 Å². The van der Waals surface area contributed by atoms with Crippen LogP contribution in [0, 0.1) is 20.2 Å². The average Bonchev–Trinajstić information content (AvgIpc) is 2.95. The molecule has 2 rings (SSSR count). The molecule has 0 spiro atoms. The third-order valence-electron chi connectivity index (χ3n) is 2.34. The highest BCUT2D eigenvalue weighted by atomic mass is 79.9. The monoisotopic (exact) mass is 354 g/mol.